The molecule has 3 rings (SSSR count). The van der Waals surface area contributed by atoms with Gasteiger partial charge in [0.05, 0.1) is 6.42 Å². The van der Waals surface area contributed by atoms with Crippen molar-refractivity contribution in [1.29, 1.82) is 0 Å². The maximum atomic E-state index is 12.7. The molecule has 0 aromatic heterocycles. The highest BCUT2D eigenvalue weighted by Crippen LogP contribution is 2.25. The molecule has 0 unspecified atom stereocenters. The molecule has 1 saturated heterocycles. The lowest BCUT2D eigenvalue weighted by Gasteiger charge is -2.22. The molecule has 130 valence electrons. The Morgan fingerprint density at radius 3 is 2.76 bits per heavy atom. The lowest BCUT2D eigenvalue weighted by atomic mass is 10.1. The Kier molecular flexibility index (Phi) is 5.54. The first-order valence-electron chi connectivity index (χ1n) is 8.89. The lowest BCUT2D eigenvalue weighted by molar-refractivity contribution is -0.131. The van der Waals surface area contributed by atoms with E-state index in [-0.39, 0.29) is 5.91 Å². The average Bonchev–Trinajstić information content (AvgIpc) is 3.07. The maximum Gasteiger partial charge on any atom is 0.227 e. The molecule has 2 aromatic carbocycles. The van der Waals surface area contributed by atoms with Gasteiger partial charge in [-0.05, 0) is 43.0 Å². The summed E-state index contributed by atoms with van der Waals surface area (Å²) in [5, 5.41) is 0. The molecule has 0 spiro atoms. The van der Waals surface area contributed by atoms with Gasteiger partial charge in [0.25, 0.3) is 0 Å². The Morgan fingerprint density at radius 2 is 2.08 bits per heavy atom. The Balaban J connectivity index is 1.76. The molecular weight excluding hydrogens is 310 g/mol. The van der Waals surface area contributed by atoms with Crippen molar-refractivity contribution in [3.63, 3.8) is 0 Å². The third-order valence-electron chi connectivity index (χ3n) is 4.77. The Labute approximate surface area is 149 Å². The molecule has 0 aliphatic carbocycles. The second-order valence-corrected chi connectivity index (χ2v) is 6.60. The van der Waals surface area contributed by atoms with E-state index in [1.165, 1.54) is 0 Å². The minimum absolute atomic E-state index is 0.177. The van der Waals surface area contributed by atoms with Crippen LogP contribution in [0.3, 0.4) is 0 Å². The summed E-state index contributed by atoms with van der Waals surface area (Å²) in [6, 6.07) is 16.3. The van der Waals surface area contributed by atoms with Gasteiger partial charge in [0, 0.05) is 18.2 Å². The fraction of sp³-hybridized carbons (Fsp3) is 0.318. The monoisotopic (exact) mass is 335 g/mol. The summed E-state index contributed by atoms with van der Waals surface area (Å²) in [6.45, 7) is 7.31. The lowest BCUT2D eigenvalue weighted by Crippen LogP contribution is -2.34. The fourth-order valence-corrected chi connectivity index (χ4v) is 3.31. The highest BCUT2D eigenvalue weighted by atomic mass is 16.5. The Morgan fingerprint density at radius 1 is 1.28 bits per heavy atom. The van der Waals surface area contributed by atoms with Crippen molar-refractivity contribution in [2.24, 2.45) is 0 Å². The van der Waals surface area contributed by atoms with Gasteiger partial charge in [0.2, 0.25) is 5.91 Å². The van der Waals surface area contributed by atoms with E-state index < -0.39 is 0 Å². The zero-order valence-electron chi connectivity index (χ0n) is 14.8. The summed E-state index contributed by atoms with van der Waals surface area (Å²) >= 11 is 0. The standard InChI is InChI=1S/C22H25NO2/c1-3-18-11-12-21(25-16-19-9-5-4-6-10-19)20(14-18)15-22(24)23-13-7-8-17(23)2/h3-6,9-12,14,17H,1,7-8,13,15-16H2,2H3/t17-/m0/s1. The van der Waals surface area contributed by atoms with Gasteiger partial charge in [0.1, 0.15) is 12.4 Å². The minimum atomic E-state index is 0.177. The number of benzene rings is 2. The topological polar surface area (TPSA) is 29.5 Å². The van der Waals surface area contributed by atoms with Gasteiger partial charge in [-0.3, -0.25) is 4.79 Å². The zero-order chi connectivity index (χ0) is 17.6. The first-order chi connectivity index (χ1) is 12.2. The van der Waals surface area contributed by atoms with Crippen LogP contribution in [0, 0.1) is 0 Å². The van der Waals surface area contributed by atoms with E-state index in [0.717, 1.165) is 41.8 Å². The molecule has 0 saturated carbocycles. The largest absolute Gasteiger partial charge is 0.489 e. The van der Waals surface area contributed by atoms with Gasteiger partial charge in [-0.1, -0.05) is 49.1 Å². The van der Waals surface area contributed by atoms with Crippen molar-refractivity contribution in [1.82, 2.24) is 4.90 Å². The molecule has 3 heteroatoms. The first kappa shape index (κ1) is 17.3. The van der Waals surface area contributed by atoms with Crippen molar-refractivity contribution in [3.05, 3.63) is 71.8 Å². The third kappa shape index (κ3) is 4.30. The minimum Gasteiger partial charge on any atom is -0.489 e. The van der Waals surface area contributed by atoms with Crippen LogP contribution in [-0.4, -0.2) is 23.4 Å². The van der Waals surface area contributed by atoms with Crippen molar-refractivity contribution >= 4 is 12.0 Å². The van der Waals surface area contributed by atoms with Crippen LogP contribution in [0.5, 0.6) is 5.75 Å². The van der Waals surface area contributed by atoms with E-state index in [0.29, 0.717) is 19.1 Å². The number of ether oxygens (including phenoxy) is 1. The van der Waals surface area contributed by atoms with Crippen LogP contribution >= 0.6 is 0 Å². The highest BCUT2D eigenvalue weighted by molar-refractivity contribution is 5.80. The molecule has 1 aliphatic rings. The van der Waals surface area contributed by atoms with Crippen LogP contribution in [0.25, 0.3) is 6.08 Å². The van der Waals surface area contributed by atoms with E-state index in [1.54, 1.807) is 6.08 Å². The fourth-order valence-electron chi connectivity index (χ4n) is 3.31. The average molecular weight is 335 g/mol. The summed E-state index contributed by atoms with van der Waals surface area (Å²) < 4.78 is 6.01. The number of carbonyl (C=O) groups excluding carboxylic acids is 1. The second-order valence-electron chi connectivity index (χ2n) is 6.60. The Bertz CT molecular complexity index is 739. The maximum absolute atomic E-state index is 12.7. The molecule has 2 aromatic rings. The highest BCUT2D eigenvalue weighted by Gasteiger charge is 2.25. The summed E-state index contributed by atoms with van der Waals surface area (Å²) in [5.74, 6) is 0.949. The summed E-state index contributed by atoms with van der Waals surface area (Å²) in [4.78, 5) is 14.7. The number of amides is 1. The number of hydrogen-bond donors (Lipinski definition) is 0. The van der Waals surface area contributed by atoms with Gasteiger partial charge in [0.15, 0.2) is 0 Å². The molecule has 1 amide bonds. The SMILES string of the molecule is C=Cc1ccc(OCc2ccccc2)c(CC(=O)N2CCC[C@@H]2C)c1. The number of carbonyl (C=O) groups is 1. The Hall–Kier alpha value is -2.55. The van der Waals surface area contributed by atoms with Crippen molar-refractivity contribution < 1.29 is 9.53 Å². The van der Waals surface area contributed by atoms with Crippen LogP contribution in [0.4, 0.5) is 0 Å². The number of likely N-dealkylation sites (tertiary alicyclic amines) is 1. The van der Waals surface area contributed by atoms with E-state index >= 15 is 0 Å². The summed E-state index contributed by atoms with van der Waals surface area (Å²) in [6.07, 6.45) is 4.36. The van der Waals surface area contributed by atoms with Crippen molar-refractivity contribution in [2.45, 2.75) is 38.8 Å². The van der Waals surface area contributed by atoms with E-state index in [1.807, 2.05) is 53.4 Å². The number of nitrogens with zero attached hydrogens (tertiary/aromatic N) is 1. The zero-order valence-corrected chi connectivity index (χ0v) is 14.8. The normalized spacial score (nSPS) is 16.7. The summed E-state index contributed by atoms with van der Waals surface area (Å²) in [7, 11) is 0. The van der Waals surface area contributed by atoms with E-state index in [4.69, 9.17) is 4.74 Å². The molecule has 1 aliphatic heterocycles. The molecule has 0 bridgehead atoms. The van der Waals surface area contributed by atoms with Crippen molar-refractivity contribution in [3.8, 4) is 5.75 Å². The van der Waals surface area contributed by atoms with Gasteiger partial charge in [-0.25, -0.2) is 0 Å². The van der Waals surface area contributed by atoms with Gasteiger partial charge < -0.3 is 9.64 Å². The molecule has 1 atom stereocenters. The predicted molar refractivity (Wildman–Crippen MR) is 101 cm³/mol. The second kappa shape index (κ2) is 8.02. The van der Waals surface area contributed by atoms with E-state index in [9.17, 15) is 4.79 Å². The summed E-state index contributed by atoms with van der Waals surface area (Å²) in [5.41, 5.74) is 3.04. The molecule has 3 nitrogen and oxygen atoms in total. The smallest absolute Gasteiger partial charge is 0.227 e. The van der Waals surface area contributed by atoms with Crippen LogP contribution in [0.1, 0.15) is 36.5 Å². The molecular formula is C22H25NO2. The van der Waals surface area contributed by atoms with Crippen molar-refractivity contribution in [2.75, 3.05) is 6.54 Å². The van der Waals surface area contributed by atoms with Gasteiger partial charge in [-0.2, -0.15) is 0 Å². The van der Waals surface area contributed by atoms with Gasteiger partial charge in [-0.15, -0.1) is 0 Å². The van der Waals surface area contributed by atoms with Crippen LogP contribution < -0.4 is 4.74 Å². The van der Waals surface area contributed by atoms with E-state index in [2.05, 4.69) is 13.5 Å². The predicted octanol–water partition coefficient (Wildman–Crippen LogP) is 4.46. The molecule has 25 heavy (non-hydrogen) atoms. The molecule has 0 radical (unpaired) electrons. The van der Waals surface area contributed by atoms with Gasteiger partial charge >= 0.3 is 0 Å². The molecule has 0 N–H and O–H groups in total. The number of hydrogen-bond acceptors (Lipinski definition) is 2. The molecule has 1 fully saturated rings. The quantitative estimate of drug-likeness (QED) is 0.780. The molecule has 1 heterocycles. The first-order valence-corrected chi connectivity index (χ1v) is 8.89. The number of rotatable bonds is 6. The third-order valence-corrected chi connectivity index (χ3v) is 4.77. The van der Waals surface area contributed by atoms with Crippen LogP contribution in [0.15, 0.2) is 55.1 Å². The van der Waals surface area contributed by atoms with Crippen LogP contribution in [-0.2, 0) is 17.8 Å². The van der Waals surface area contributed by atoms with Crippen LogP contribution in [0.2, 0.25) is 0 Å².